The van der Waals surface area contributed by atoms with Crippen LogP contribution in [0.1, 0.15) is 12.0 Å². The summed E-state index contributed by atoms with van der Waals surface area (Å²) in [5, 5.41) is 13.9. The number of nitro groups is 1. The van der Waals surface area contributed by atoms with Gasteiger partial charge in [0, 0.05) is 12.6 Å². The summed E-state index contributed by atoms with van der Waals surface area (Å²) in [7, 11) is 0. The quantitative estimate of drug-likeness (QED) is 0.471. The highest BCUT2D eigenvalue weighted by molar-refractivity contribution is 7.98. The highest BCUT2D eigenvalue weighted by Gasteiger charge is 2.12. The van der Waals surface area contributed by atoms with Crippen LogP contribution >= 0.6 is 11.8 Å². The normalized spacial score (nSPS) is 10.1. The van der Waals surface area contributed by atoms with Gasteiger partial charge in [-0.25, -0.2) is 0 Å². The maximum Gasteiger partial charge on any atom is 0.292 e. The smallest absolute Gasteiger partial charge is 0.292 e. The predicted molar refractivity (Wildman–Crippen MR) is 69.3 cm³/mol. The Morgan fingerprint density at radius 3 is 2.88 bits per heavy atom. The minimum atomic E-state index is -0.351. The SMILES string of the molecule is CSCCCNc1cc(C)ccc1[N+](=O)[O-]. The summed E-state index contributed by atoms with van der Waals surface area (Å²) in [5.41, 5.74) is 1.79. The highest BCUT2D eigenvalue weighted by Crippen LogP contribution is 2.25. The zero-order valence-corrected chi connectivity index (χ0v) is 10.3. The summed E-state index contributed by atoms with van der Waals surface area (Å²) in [4.78, 5) is 10.4. The summed E-state index contributed by atoms with van der Waals surface area (Å²) in [6.07, 6.45) is 3.06. The molecule has 1 aromatic rings. The Morgan fingerprint density at radius 1 is 1.50 bits per heavy atom. The molecule has 0 saturated heterocycles. The fourth-order valence-electron chi connectivity index (χ4n) is 1.39. The minimum Gasteiger partial charge on any atom is -0.379 e. The van der Waals surface area contributed by atoms with Crippen LogP contribution in [0.15, 0.2) is 18.2 Å². The molecule has 0 radical (unpaired) electrons. The number of benzene rings is 1. The van der Waals surface area contributed by atoms with E-state index in [9.17, 15) is 10.1 Å². The zero-order chi connectivity index (χ0) is 12.0. The standard InChI is InChI=1S/C11H16N2O2S/c1-9-4-5-11(13(14)15)10(8-9)12-6-3-7-16-2/h4-5,8,12H,3,6-7H2,1-2H3. The number of anilines is 1. The highest BCUT2D eigenvalue weighted by atomic mass is 32.2. The van der Waals surface area contributed by atoms with E-state index in [1.807, 2.05) is 13.0 Å². The van der Waals surface area contributed by atoms with E-state index in [2.05, 4.69) is 11.6 Å². The molecule has 0 aliphatic rings. The summed E-state index contributed by atoms with van der Waals surface area (Å²) >= 11 is 1.78. The number of rotatable bonds is 6. The van der Waals surface area contributed by atoms with Gasteiger partial charge in [0.25, 0.3) is 5.69 Å². The van der Waals surface area contributed by atoms with E-state index in [0.717, 1.165) is 24.3 Å². The first-order valence-corrected chi connectivity index (χ1v) is 6.52. The molecule has 0 unspecified atom stereocenters. The van der Waals surface area contributed by atoms with Gasteiger partial charge in [-0.05, 0) is 37.0 Å². The van der Waals surface area contributed by atoms with Crippen molar-refractivity contribution >= 4 is 23.1 Å². The van der Waals surface area contributed by atoms with E-state index in [1.165, 1.54) is 0 Å². The lowest BCUT2D eigenvalue weighted by atomic mass is 10.2. The fraction of sp³-hybridized carbons (Fsp3) is 0.455. The molecule has 16 heavy (non-hydrogen) atoms. The second kappa shape index (κ2) is 6.37. The molecule has 0 heterocycles. The Morgan fingerprint density at radius 2 is 2.25 bits per heavy atom. The van der Waals surface area contributed by atoms with Gasteiger partial charge in [-0.1, -0.05) is 6.07 Å². The molecule has 4 nitrogen and oxygen atoms in total. The van der Waals surface area contributed by atoms with E-state index in [4.69, 9.17) is 0 Å². The van der Waals surface area contributed by atoms with Crippen LogP contribution in [0.2, 0.25) is 0 Å². The van der Waals surface area contributed by atoms with Crippen LogP contribution in [0, 0.1) is 17.0 Å². The zero-order valence-electron chi connectivity index (χ0n) is 9.53. The Labute approximate surface area is 99.6 Å². The van der Waals surface area contributed by atoms with E-state index >= 15 is 0 Å². The maximum absolute atomic E-state index is 10.8. The molecule has 1 aromatic carbocycles. The van der Waals surface area contributed by atoms with Crippen molar-refractivity contribution in [3.05, 3.63) is 33.9 Å². The van der Waals surface area contributed by atoms with E-state index in [0.29, 0.717) is 5.69 Å². The number of nitrogens with zero attached hydrogens (tertiary/aromatic N) is 1. The van der Waals surface area contributed by atoms with Gasteiger partial charge >= 0.3 is 0 Å². The van der Waals surface area contributed by atoms with Crippen molar-refractivity contribution in [2.24, 2.45) is 0 Å². The summed E-state index contributed by atoms with van der Waals surface area (Å²) in [6.45, 7) is 2.70. The van der Waals surface area contributed by atoms with Crippen molar-refractivity contribution in [2.75, 3.05) is 23.9 Å². The number of hydrogen-bond acceptors (Lipinski definition) is 4. The largest absolute Gasteiger partial charge is 0.379 e. The molecule has 0 aliphatic heterocycles. The number of aryl methyl sites for hydroxylation is 1. The molecule has 88 valence electrons. The Kier molecular flexibility index (Phi) is 5.11. The Hall–Kier alpha value is -1.23. The van der Waals surface area contributed by atoms with Gasteiger partial charge in [-0.2, -0.15) is 11.8 Å². The maximum atomic E-state index is 10.8. The molecule has 0 amide bonds. The van der Waals surface area contributed by atoms with Crippen molar-refractivity contribution in [3.63, 3.8) is 0 Å². The average Bonchev–Trinajstić information content (AvgIpc) is 2.24. The van der Waals surface area contributed by atoms with Gasteiger partial charge in [0.2, 0.25) is 0 Å². The average molecular weight is 240 g/mol. The first-order valence-electron chi connectivity index (χ1n) is 5.13. The molecule has 1 N–H and O–H groups in total. The number of nitrogens with one attached hydrogen (secondary N) is 1. The Bertz CT molecular complexity index is 369. The lowest BCUT2D eigenvalue weighted by Crippen LogP contribution is -2.05. The van der Waals surface area contributed by atoms with E-state index in [1.54, 1.807) is 23.9 Å². The van der Waals surface area contributed by atoms with Crippen LogP contribution in [0.25, 0.3) is 0 Å². The number of hydrogen-bond donors (Lipinski definition) is 1. The fourth-order valence-corrected chi connectivity index (χ4v) is 1.82. The van der Waals surface area contributed by atoms with Gasteiger partial charge in [0.1, 0.15) is 5.69 Å². The molecule has 1 rings (SSSR count). The monoisotopic (exact) mass is 240 g/mol. The summed E-state index contributed by atoms with van der Waals surface area (Å²) < 4.78 is 0. The minimum absolute atomic E-state index is 0.148. The molecule has 0 spiro atoms. The van der Waals surface area contributed by atoms with Crippen molar-refractivity contribution in [3.8, 4) is 0 Å². The van der Waals surface area contributed by atoms with Crippen LogP contribution in [0.4, 0.5) is 11.4 Å². The molecule has 0 aliphatic carbocycles. The lowest BCUT2D eigenvalue weighted by Gasteiger charge is -2.07. The second-order valence-electron chi connectivity index (χ2n) is 3.55. The van der Waals surface area contributed by atoms with Gasteiger partial charge < -0.3 is 5.32 Å². The third-order valence-corrected chi connectivity index (χ3v) is 2.89. The van der Waals surface area contributed by atoms with Gasteiger partial charge in [-0.15, -0.1) is 0 Å². The van der Waals surface area contributed by atoms with E-state index < -0.39 is 0 Å². The molecule has 0 fully saturated rings. The van der Waals surface area contributed by atoms with Gasteiger partial charge in [-0.3, -0.25) is 10.1 Å². The van der Waals surface area contributed by atoms with Crippen LogP contribution in [0.5, 0.6) is 0 Å². The van der Waals surface area contributed by atoms with Crippen molar-refractivity contribution < 1.29 is 4.92 Å². The van der Waals surface area contributed by atoms with Crippen LogP contribution < -0.4 is 5.32 Å². The number of nitro benzene ring substituents is 1. The molecule has 0 aromatic heterocycles. The van der Waals surface area contributed by atoms with Gasteiger partial charge in [0.15, 0.2) is 0 Å². The topological polar surface area (TPSA) is 55.2 Å². The Balaban J connectivity index is 2.68. The molecule has 5 heteroatoms. The third kappa shape index (κ3) is 3.73. The van der Waals surface area contributed by atoms with E-state index in [-0.39, 0.29) is 10.6 Å². The summed E-state index contributed by atoms with van der Waals surface area (Å²) in [6, 6.07) is 5.12. The van der Waals surface area contributed by atoms with Crippen molar-refractivity contribution in [1.29, 1.82) is 0 Å². The molecular weight excluding hydrogens is 224 g/mol. The van der Waals surface area contributed by atoms with Crippen molar-refractivity contribution in [2.45, 2.75) is 13.3 Å². The third-order valence-electron chi connectivity index (χ3n) is 2.19. The molecular formula is C11H16N2O2S. The van der Waals surface area contributed by atoms with Gasteiger partial charge in [0.05, 0.1) is 4.92 Å². The van der Waals surface area contributed by atoms with Crippen molar-refractivity contribution in [1.82, 2.24) is 0 Å². The summed E-state index contributed by atoms with van der Waals surface area (Å²) in [5.74, 6) is 1.06. The number of thioether (sulfide) groups is 1. The molecule has 0 saturated carbocycles. The molecule has 0 bridgehead atoms. The first kappa shape index (κ1) is 12.8. The van der Waals surface area contributed by atoms with Crippen LogP contribution in [-0.2, 0) is 0 Å². The first-order chi connectivity index (χ1) is 7.65. The second-order valence-corrected chi connectivity index (χ2v) is 4.54. The molecule has 0 atom stereocenters. The predicted octanol–water partition coefficient (Wildman–Crippen LogP) is 3.07. The van der Waals surface area contributed by atoms with Crippen LogP contribution in [0.3, 0.4) is 0 Å². The van der Waals surface area contributed by atoms with Crippen LogP contribution in [-0.4, -0.2) is 23.5 Å². The lowest BCUT2D eigenvalue weighted by molar-refractivity contribution is -0.384.